The number of benzene rings is 1. The van der Waals surface area contributed by atoms with Crippen molar-refractivity contribution >= 4 is 9.84 Å². The van der Waals surface area contributed by atoms with E-state index in [1.54, 1.807) is 6.92 Å². The van der Waals surface area contributed by atoms with E-state index in [-0.39, 0.29) is 23.1 Å². The van der Waals surface area contributed by atoms with Crippen molar-refractivity contribution in [3.05, 3.63) is 36.2 Å². The molecule has 0 saturated heterocycles. The zero-order chi connectivity index (χ0) is 16.3. The molecule has 1 aromatic carbocycles. The number of aromatic nitrogens is 2. The lowest BCUT2D eigenvalue weighted by molar-refractivity contribution is 0.295. The first-order valence-electron chi connectivity index (χ1n) is 6.13. The number of hydrogen-bond donors (Lipinski definition) is 0. The van der Waals surface area contributed by atoms with E-state index in [2.05, 4.69) is 9.97 Å². The molecule has 2 aromatic rings. The van der Waals surface area contributed by atoms with Crippen LogP contribution in [0.3, 0.4) is 0 Å². The molecule has 9 heteroatoms. The van der Waals surface area contributed by atoms with Crippen LogP contribution >= 0.6 is 0 Å². The highest BCUT2D eigenvalue weighted by Crippen LogP contribution is 2.29. The van der Waals surface area contributed by atoms with Crippen molar-refractivity contribution in [2.75, 3.05) is 12.9 Å². The molecule has 2 rings (SSSR count). The van der Waals surface area contributed by atoms with Crippen LogP contribution in [-0.4, -0.2) is 31.2 Å². The molecular formula is C13H12F2N2O4S. The third-order valence-electron chi connectivity index (χ3n) is 2.54. The standard InChI is InChI=1S/C13H12F2N2O4S/c1-3-20-12-11(15)13(17-7-16-12)21-10-5-4-8(6-9(10)14)22(2,18)19/h4-7H,3H2,1-2H3. The normalized spacial score (nSPS) is 11.3. The molecule has 0 radical (unpaired) electrons. The summed E-state index contributed by atoms with van der Waals surface area (Å²) in [6.07, 6.45) is 1.95. The van der Waals surface area contributed by atoms with E-state index in [9.17, 15) is 17.2 Å². The number of sulfone groups is 1. The molecule has 0 bridgehead atoms. The van der Waals surface area contributed by atoms with Crippen LogP contribution in [0.4, 0.5) is 8.78 Å². The van der Waals surface area contributed by atoms with Crippen molar-refractivity contribution in [3.63, 3.8) is 0 Å². The Morgan fingerprint density at radius 3 is 2.45 bits per heavy atom. The Morgan fingerprint density at radius 1 is 1.18 bits per heavy atom. The lowest BCUT2D eigenvalue weighted by Gasteiger charge is -2.09. The van der Waals surface area contributed by atoms with E-state index in [0.717, 1.165) is 30.8 Å². The van der Waals surface area contributed by atoms with Crippen LogP contribution in [-0.2, 0) is 9.84 Å². The Bertz CT molecular complexity index is 797. The largest absolute Gasteiger partial charge is 0.476 e. The van der Waals surface area contributed by atoms with E-state index < -0.39 is 27.4 Å². The van der Waals surface area contributed by atoms with Gasteiger partial charge in [0.2, 0.25) is 5.82 Å². The topological polar surface area (TPSA) is 78.4 Å². The van der Waals surface area contributed by atoms with Gasteiger partial charge in [0.1, 0.15) is 6.33 Å². The van der Waals surface area contributed by atoms with E-state index >= 15 is 0 Å². The molecule has 22 heavy (non-hydrogen) atoms. The summed E-state index contributed by atoms with van der Waals surface area (Å²) < 4.78 is 60.4. The molecule has 0 aliphatic heterocycles. The molecule has 0 fully saturated rings. The zero-order valence-corrected chi connectivity index (χ0v) is 12.5. The van der Waals surface area contributed by atoms with Gasteiger partial charge in [0.05, 0.1) is 11.5 Å². The fraction of sp³-hybridized carbons (Fsp3) is 0.231. The van der Waals surface area contributed by atoms with E-state index in [0.29, 0.717) is 0 Å². The molecule has 0 spiro atoms. The smallest absolute Gasteiger partial charge is 0.263 e. The first-order chi connectivity index (χ1) is 10.3. The first-order valence-corrected chi connectivity index (χ1v) is 8.02. The Labute approximate surface area is 125 Å². The predicted octanol–water partition coefficient (Wildman–Crippen LogP) is 2.35. The summed E-state index contributed by atoms with van der Waals surface area (Å²) in [7, 11) is -3.55. The number of nitrogens with zero attached hydrogens (tertiary/aromatic N) is 2. The minimum atomic E-state index is -3.55. The molecule has 1 heterocycles. The van der Waals surface area contributed by atoms with Crippen LogP contribution in [0.15, 0.2) is 29.4 Å². The van der Waals surface area contributed by atoms with Gasteiger partial charge in [0.25, 0.3) is 11.8 Å². The molecule has 0 N–H and O–H groups in total. The van der Waals surface area contributed by atoms with Gasteiger partial charge in [0.15, 0.2) is 21.4 Å². The molecule has 118 valence electrons. The van der Waals surface area contributed by atoms with Crippen LogP contribution < -0.4 is 9.47 Å². The number of hydrogen-bond acceptors (Lipinski definition) is 6. The lowest BCUT2D eigenvalue weighted by atomic mass is 10.3. The number of ether oxygens (including phenoxy) is 2. The fourth-order valence-corrected chi connectivity index (χ4v) is 2.18. The minimum Gasteiger partial charge on any atom is -0.476 e. The van der Waals surface area contributed by atoms with Gasteiger partial charge in [-0.3, -0.25) is 0 Å². The molecule has 0 atom stereocenters. The maximum absolute atomic E-state index is 14.0. The van der Waals surface area contributed by atoms with Crippen molar-refractivity contribution in [1.82, 2.24) is 9.97 Å². The third-order valence-corrected chi connectivity index (χ3v) is 3.65. The average Bonchev–Trinajstić information content (AvgIpc) is 2.44. The van der Waals surface area contributed by atoms with Gasteiger partial charge in [-0.05, 0) is 25.1 Å². The van der Waals surface area contributed by atoms with Gasteiger partial charge in [-0.2, -0.15) is 14.4 Å². The summed E-state index contributed by atoms with van der Waals surface area (Å²) in [4.78, 5) is 6.92. The van der Waals surface area contributed by atoms with Gasteiger partial charge < -0.3 is 9.47 Å². The van der Waals surface area contributed by atoms with Crippen molar-refractivity contribution in [2.24, 2.45) is 0 Å². The Morgan fingerprint density at radius 2 is 1.86 bits per heavy atom. The van der Waals surface area contributed by atoms with Crippen molar-refractivity contribution in [1.29, 1.82) is 0 Å². The Kier molecular flexibility index (Phi) is 4.55. The Hall–Kier alpha value is -2.29. The Balaban J connectivity index is 2.34. The molecule has 0 saturated carbocycles. The number of halogens is 2. The van der Waals surface area contributed by atoms with Gasteiger partial charge in [-0.25, -0.2) is 12.8 Å². The van der Waals surface area contributed by atoms with E-state index in [1.807, 2.05) is 0 Å². The van der Waals surface area contributed by atoms with E-state index in [1.165, 1.54) is 0 Å². The van der Waals surface area contributed by atoms with Crippen molar-refractivity contribution in [3.8, 4) is 17.5 Å². The zero-order valence-electron chi connectivity index (χ0n) is 11.7. The fourth-order valence-electron chi connectivity index (χ4n) is 1.55. The summed E-state index contributed by atoms with van der Waals surface area (Å²) in [5.41, 5.74) is 0. The molecule has 1 aromatic heterocycles. The van der Waals surface area contributed by atoms with Crippen LogP contribution in [0.25, 0.3) is 0 Å². The van der Waals surface area contributed by atoms with Gasteiger partial charge in [-0.1, -0.05) is 0 Å². The highest BCUT2D eigenvalue weighted by molar-refractivity contribution is 7.90. The third kappa shape index (κ3) is 3.48. The average molecular weight is 330 g/mol. The summed E-state index contributed by atoms with van der Waals surface area (Å²) in [6, 6.07) is 3.01. The SMILES string of the molecule is CCOc1ncnc(Oc2ccc(S(C)(=O)=O)cc2F)c1F. The summed E-state index contributed by atoms with van der Waals surface area (Å²) in [5, 5.41) is 0. The quantitative estimate of drug-likeness (QED) is 0.837. The van der Waals surface area contributed by atoms with Gasteiger partial charge >= 0.3 is 0 Å². The van der Waals surface area contributed by atoms with Gasteiger partial charge in [-0.15, -0.1) is 0 Å². The van der Waals surface area contributed by atoms with Gasteiger partial charge in [0, 0.05) is 6.26 Å². The minimum absolute atomic E-state index is 0.185. The lowest BCUT2D eigenvalue weighted by Crippen LogP contribution is -2.02. The second kappa shape index (κ2) is 6.22. The molecule has 0 aliphatic carbocycles. The molecular weight excluding hydrogens is 318 g/mol. The second-order valence-corrected chi connectivity index (χ2v) is 6.21. The van der Waals surface area contributed by atoms with Crippen molar-refractivity contribution < 1.29 is 26.7 Å². The number of rotatable bonds is 5. The predicted molar refractivity (Wildman–Crippen MR) is 72.7 cm³/mol. The van der Waals surface area contributed by atoms with Crippen LogP contribution in [0.1, 0.15) is 6.92 Å². The molecule has 0 amide bonds. The summed E-state index contributed by atoms with van der Waals surface area (Å²) >= 11 is 0. The maximum atomic E-state index is 14.0. The van der Waals surface area contributed by atoms with E-state index in [4.69, 9.17) is 9.47 Å². The summed E-state index contributed by atoms with van der Waals surface area (Å²) in [6.45, 7) is 1.83. The van der Waals surface area contributed by atoms with Crippen LogP contribution in [0.2, 0.25) is 0 Å². The monoisotopic (exact) mass is 330 g/mol. The van der Waals surface area contributed by atoms with Crippen LogP contribution in [0, 0.1) is 11.6 Å². The first kappa shape index (κ1) is 16.1. The highest BCUT2D eigenvalue weighted by atomic mass is 32.2. The molecule has 6 nitrogen and oxygen atoms in total. The highest BCUT2D eigenvalue weighted by Gasteiger charge is 2.17. The van der Waals surface area contributed by atoms with Crippen LogP contribution in [0.5, 0.6) is 17.5 Å². The summed E-state index contributed by atoms with van der Waals surface area (Å²) in [5.74, 6) is -3.15. The second-order valence-electron chi connectivity index (χ2n) is 4.20. The maximum Gasteiger partial charge on any atom is 0.263 e. The molecule has 0 unspecified atom stereocenters. The van der Waals surface area contributed by atoms with Crippen molar-refractivity contribution in [2.45, 2.75) is 11.8 Å². The molecule has 0 aliphatic rings.